The number of amides is 1. The molecule has 0 unspecified atom stereocenters. The second-order valence-electron chi connectivity index (χ2n) is 7.14. The van der Waals surface area contributed by atoms with Gasteiger partial charge in [0.05, 0.1) is 25.1 Å². The maximum atomic E-state index is 12.3. The van der Waals surface area contributed by atoms with Crippen molar-refractivity contribution >= 4 is 21.6 Å². The quantitative estimate of drug-likeness (QED) is 0.600. The fraction of sp³-hybridized carbons (Fsp3) is 0.409. The molecule has 0 aliphatic carbocycles. The molecule has 9 heteroatoms. The number of ether oxygens (including phenoxy) is 3. The average Bonchev–Trinajstić information content (AvgIpc) is 2.75. The van der Waals surface area contributed by atoms with E-state index in [2.05, 4.69) is 5.32 Å². The van der Waals surface area contributed by atoms with Gasteiger partial charge in [0, 0.05) is 13.0 Å². The standard InChI is InChI=1S/C22H28N2O6S/c1-3-28-19-10-5-4-9-18(19)24(31(2,26)27)14-8-13-22(25)23-15-17-16-29-20-11-6-7-12-21(20)30-17/h4-7,9-12,17H,3,8,13-16H2,1-2H3,(H,23,25)/t17-/m1/s1. The van der Waals surface area contributed by atoms with Gasteiger partial charge in [-0.05, 0) is 37.6 Å². The van der Waals surface area contributed by atoms with Crippen LogP contribution in [-0.2, 0) is 14.8 Å². The zero-order chi connectivity index (χ0) is 22.3. The number of nitrogens with zero attached hydrogens (tertiary/aromatic N) is 1. The molecule has 0 aromatic heterocycles. The summed E-state index contributed by atoms with van der Waals surface area (Å²) in [4.78, 5) is 12.3. The molecular weight excluding hydrogens is 420 g/mol. The van der Waals surface area contributed by atoms with E-state index in [9.17, 15) is 13.2 Å². The van der Waals surface area contributed by atoms with Crippen LogP contribution in [-0.4, -0.2) is 53.0 Å². The Labute approximate surface area is 183 Å². The Hall–Kier alpha value is -2.94. The number of nitrogens with one attached hydrogen (secondary N) is 1. The third-order valence-electron chi connectivity index (χ3n) is 4.69. The lowest BCUT2D eigenvalue weighted by Crippen LogP contribution is -2.41. The lowest BCUT2D eigenvalue weighted by atomic mass is 10.2. The number of rotatable bonds is 10. The predicted molar refractivity (Wildman–Crippen MR) is 118 cm³/mol. The number of para-hydroxylation sites is 4. The second-order valence-corrected chi connectivity index (χ2v) is 9.05. The van der Waals surface area contributed by atoms with Crippen molar-refractivity contribution in [2.45, 2.75) is 25.9 Å². The van der Waals surface area contributed by atoms with E-state index in [1.54, 1.807) is 24.3 Å². The monoisotopic (exact) mass is 448 g/mol. The topological polar surface area (TPSA) is 94.2 Å². The Morgan fingerprint density at radius 1 is 1.16 bits per heavy atom. The maximum absolute atomic E-state index is 12.3. The van der Waals surface area contributed by atoms with Crippen LogP contribution in [0.4, 0.5) is 5.69 Å². The van der Waals surface area contributed by atoms with Gasteiger partial charge in [-0.25, -0.2) is 8.42 Å². The molecule has 1 heterocycles. The first-order chi connectivity index (χ1) is 14.9. The van der Waals surface area contributed by atoms with Gasteiger partial charge < -0.3 is 19.5 Å². The van der Waals surface area contributed by atoms with Crippen molar-refractivity contribution in [3.05, 3.63) is 48.5 Å². The zero-order valence-corrected chi connectivity index (χ0v) is 18.6. The van der Waals surface area contributed by atoms with Gasteiger partial charge in [0.1, 0.15) is 18.5 Å². The summed E-state index contributed by atoms with van der Waals surface area (Å²) in [7, 11) is -3.53. The van der Waals surface area contributed by atoms with Crippen LogP contribution in [0.25, 0.3) is 0 Å². The SMILES string of the molecule is CCOc1ccccc1N(CCCC(=O)NC[C@@H]1COc2ccccc2O1)S(C)(=O)=O. The highest BCUT2D eigenvalue weighted by molar-refractivity contribution is 7.92. The Bertz CT molecular complexity index is 995. The molecule has 1 amide bonds. The van der Waals surface area contributed by atoms with Gasteiger partial charge in [-0.2, -0.15) is 0 Å². The highest BCUT2D eigenvalue weighted by Gasteiger charge is 2.23. The van der Waals surface area contributed by atoms with Gasteiger partial charge in [-0.1, -0.05) is 24.3 Å². The fourth-order valence-electron chi connectivity index (χ4n) is 3.27. The zero-order valence-electron chi connectivity index (χ0n) is 17.7. The molecule has 1 atom stereocenters. The van der Waals surface area contributed by atoms with Crippen molar-refractivity contribution < 1.29 is 27.4 Å². The number of fused-ring (bicyclic) bond motifs is 1. The highest BCUT2D eigenvalue weighted by Crippen LogP contribution is 2.31. The molecule has 8 nitrogen and oxygen atoms in total. The minimum atomic E-state index is -3.53. The van der Waals surface area contributed by atoms with E-state index in [4.69, 9.17) is 14.2 Å². The molecule has 2 aromatic carbocycles. The smallest absolute Gasteiger partial charge is 0.232 e. The summed E-state index contributed by atoms with van der Waals surface area (Å²) in [6.45, 7) is 3.11. The van der Waals surface area contributed by atoms with Crippen molar-refractivity contribution in [2.75, 3.05) is 36.9 Å². The number of carbonyl (C=O) groups is 1. The molecule has 1 aliphatic rings. The van der Waals surface area contributed by atoms with Crippen LogP contribution in [0, 0.1) is 0 Å². The Morgan fingerprint density at radius 3 is 2.61 bits per heavy atom. The van der Waals surface area contributed by atoms with Crippen molar-refractivity contribution in [3.8, 4) is 17.2 Å². The summed E-state index contributed by atoms with van der Waals surface area (Å²) >= 11 is 0. The molecule has 168 valence electrons. The second kappa shape index (κ2) is 10.4. The molecular formula is C22H28N2O6S. The third kappa shape index (κ3) is 6.27. The molecule has 0 fully saturated rings. The third-order valence-corrected chi connectivity index (χ3v) is 5.87. The number of hydrogen-bond acceptors (Lipinski definition) is 6. The van der Waals surface area contributed by atoms with Gasteiger partial charge in [-0.15, -0.1) is 0 Å². The predicted octanol–water partition coefficient (Wildman–Crippen LogP) is 2.59. The summed E-state index contributed by atoms with van der Waals surface area (Å²) in [6.07, 6.45) is 1.43. The lowest BCUT2D eigenvalue weighted by Gasteiger charge is -2.26. The summed E-state index contributed by atoms with van der Waals surface area (Å²) in [5.41, 5.74) is 0.471. The summed E-state index contributed by atoms with van der Waals surface area (Å²) < 4.78 is 43.0. The van der Waals surface area contributed by atoms with E-state index in [0.717, 1.165) is 6.26 Å². The van der Waals surface area contributed by atoms with E-state index in [-0.39, 0.29) is 25.0 Å². The van der Waals surface area contributed by atoms with E-state index in [0.29, 0.717) is 49.1 Å². The van der Waals surface area contributed by atoms with Crippen LogP contribution < -0.4 is 23.8 Å². The maximum Gasteiger partial charge on any atom is 0.232 e. The van der Waals surface area contributed by atoms with Crippen molar-refractivity contribution in [1.82, 2.24) is 5.32 Å². The molecule has 0 saturated carbocycles. The first kappa shape index (κ1) is 22.7. The van der Waals surface area contributed by atoms with Gasteiger partial charge in [0.25, 0.3) is 0 Å². The van der Waals surface area contributed by atoms with Gasteiger partial charge >= 0.3 is 0 Å². The number of anilines is 1. The molecule has 0 spiro atoms. The first-order valence-corrected chi connectivity index (χ1v) is 12.1. The number of carbonyl (C=O) groups excluding carboxylic acids is 1. The molecule has 1 N–H and O–H groups in total. The molecule has 2 aromatic rings. The fourth-order valence-corrected chi connectivity index (χ4v) is 4.24. The summed E-state index contributed by atoms with van der Waals surface area (Å²) in [5, 5.41) is 2.83. The van der Waals surface area contributed by atoms with Crippen LogP contribution in [0.1, 0.15) is 19.8 Å². The van der Waals surface area contributed by atoms with Crippen LogP contribution in [0.2, 0.25) is 0 Å². The van der Waals surface area contributed by atoms with Gasteiger partial charge in [0.2, 0.25) is 15.9 Å². The first-order valence-electron chi connectivity index (χ1n) is 10.2. The summed E-state index contributed by atoms with van der Waals surface area (Å²) in [6, 6.07) is 14.4. The molecule has 31 heavy (non-hydrogen) atoms. The van der Waals surface area contributed by atoms with Crippen LogP contribution in [0.5, 0.6) is 17.2 Å². The van der Waals surface area contributed by atoms with Crippen molar-refractivity contribution in [1.29, 1.82) is 0 Å². The van der Waals surface area contributed by atoms with Crippen LogP contribution >= 0.6 is 0 Å². The molecule has 0 saturated heterocycles. The van der Waals surface area contributed by atoms with E-state index < -0.39 is 10.0 Å². The Morgan fingerprint density at radius 2 is 1.87 bits per heavy atom. The van der Waals surface area contributed by atoms with Gasteiger partial charge in [-0.3, -0.25) is 9.10 Å². The molecule has 3 rings (SSSR count). The van der Waals surface area contributed by atoms with Crippen molar-refractivity contribution in [3.63, 3.8) is 0 Å². The number of benzene rings is 2. The minimum absolute atomic E-state index is 0.172. The van der Waals surface area contributed by atoms with Crippen LogP contribution in [0.3, 0.4) is 0 Å². The average molecular weight is 449 g/mol. The van der Waals surface area contributed by atoms with E-state index in [1.165, 1.54) is 4.31 Å². The minimum Gasteiger partial charge on any atom is -0.492 e. The normalized spacial score (nSPS) is 15.2. The summed E-state index contributed by atoms with van der Waals surface area (Å²) in [5.74, 6) is 1.67. The largest absolute Gasteiger partial charge is 0.492 e. The van der Waals surface area contributed by atoms with Crippen molar-refractivity contribution in [2.24, 2.45) is 0 Å². The highest BCUT2D eigenvalue weighted by atomic mass is 32.2. The van der Waals surface area contributed by atoms with E-state index >= 15 is 0 Å². The molecule has 1 aliphatic heterocycles. The number of sulfonamides is 1. The number of hydrogen-bond donors (Lipinski definition) is 1. The Balaban J connectivity index is 1.50. The van der Waals surface area contributed by atoms with Gasteiger partial charge in [0.15, 0.2) is 11.5 Å². The Kier molecular flexibility index (Phi) is 7.62. The van der Waals surface area contributed by atoms with Crippen LogP contribution in [0.15, 0.2) is 48.5 Å². The lowest BCUT2D eigenvalue weighted by molar-refractivity contribution is -0.121. The molecule has 0 radical (unpaired) electrons. The molecule has 0 bridgehead atoms. The van der Waals surface area contributed by atoms with E-state index in [1.807, 2.05) is 31.2 Å².